The van der Waals surface area contributed by atoms with Crippen LogP contribution in [-0.4, -0.2) is 14.3 Å². The molecule has 5 nitrogen and oxygen atoms in total. The fourth-order valence-electron chi connectivity index (χ4n) is 2.67. The average molecular weight is 330 g/mol. The molecule has 3 rings (SSSR count). The summed E-state index contributed by atoms with van der Waals surface area (Å²) in [6.07, 6.45) is 0.875. The molecule has 1 amide bonds. The molecule has 1 fully saturated rings. The number of carbonyl (C=O) groups excluding carboxylic acids is 1. The highest BCUT2D eigenvalue weighted by molar-refractivity contribution is 7.89. The Morgan fingerprint density at radius 3 is 2.35 bits per heavy atom. The number of sulfonamides is 1. The molecule has 2 aromatic carbocycles. The largest absolute Gasteiger partial charge is 0.352 e. The number of primary sulfonamides is 1. The monoisotopic (exact) mass is 330 g/mol. The standard InChI is InChI=1S/C17H18N2O3S/c18-23(21,22)14-8-6-12(7-9-14)11-19-17(20)16-10-15(16)13-4-2-1-3-5-13/h1-9,15-16H,10-11H2,(H,19,20)(H2,18,21,22)/t15-,16-/m0/s1. The third-order valence-electron chi connectivity index (χ3n) is 4.07. The highest BCUT2D eigenvalue weighted by atomic mass is 32.2. The number of nitrogens with two attached hydrogens (primary N) is 1. The van der Waals surface area contributed by atoms with Crippen molar-refractivity contribution < 1.29 is 13.2 Å². The van der Waals surface area contributed by atoms with Gasteiger partial charge in [0.1, 0.15) is 0 Å². The molecule has 0 saturated heterocycles. The summed E-state index contributed by atoms with van der Waals surface area (Å²) < 4.78 is 22.4. The quantitative estimate of drug-likeness (QED) is 0.875. The molecule has 1 aliphatic carbocycles. The van der Waals surface area contributed by atoms with Crippen LogP contribution in [0.15, 0.2) is 59.5 Å². The second-order valence-corrected chi connectivity index (χ2v) is 7.33. The van der Waals surface area contributed by atoms with Crippen molar-refractivity contribution in [2.75, 3.05) is 0 Å². The molecule has 1 saturated carbocycles. The predicted molar refractivity (Wildman–Crippen MR) is 87.0 cm³/mol. The number of hydrogen-bond acceptors (Lipinski definition) is 3. The maximum atomic E-state index is 12.2. The van der Waals surface area contributed by atoms with Crippen LogP contribution in [0.4, 0.5) is 0 Å². The van der Waals surface area contributed by atoms with E-state index in [1.807, 2.05) is 30.3 Å². The summed E-state index contributed by atoms with van der Waals surface area (Å²) in [6, 6.07) is 16.2. The van der Waals surface area contributed by atoms with Gasteiger partial charge in [-0.3, -0.25) is 4.79 Å². The first-order chi connectivity index (χ1) is 10.9. The van der Waals surface area contributed by atoms with Crippen molar-refractivity contribution in [3.8, 4) is 0 Å². The van der Waals surface area contributed by atoms with Crippen molar-refractivity contribution in [3.05, 3.63) is 65.7 Å². The molecule has 6 heteroatoms. The summed E-state index contributed by atoms with van der Waals surface area (Å²) >= 11 is 0. The van der Waals surface area contributed by atoms with E-state index >= 15 is 0 Å². The fraction of sp³-hybridized carbons (Fsp3) is 0.235. The zero-order valence-corrected chi connectivity index (χ0v) is 13.3. The van der Waals surface area contributed by atoms with Crippen molar-refractivity contribution in [2.45, 2.75) is 23.8 Å². The van der Waals surface area contributed by atoms with Gasteiger partial charge in [-0.2, -0.15) is 0 Å². The summed E-state index contributed by atoms with van der Waals surface area (Å²) in [5, 5.41) is 7.95. The van der Waals surface area contributed by atoms with Crippen molar-refractivity contribution in [1.82, 2.24) is 5.32 Å². The van der Waals surface area contributed by atoms with Gasteiger partial charge in [0.25, 0.3) is 0 Å². The van der Waals surface area contributed by atoms with Crippen LogP contribution in [0.5, 0.6) is 0 Å². The first-order valence-corrected chi connectivity index (χ1v) is 8.94. The van der Waals surface area contributed by atoms with Crippen molar-refractivity contribution in [2.24, 2.45) is 11.1 Å². The van der Waals surface area contributed by atoms with E-state index in [0.29, 0.717) is 12.5 Å². The lowest BCUT2D eigenvalue weighted by Gasteiger charge is -2.06. The predicted octanol–water partition coefficient (Wildman–Crippen LogP) is 1.75. The number of hydrogen-bond donors (Lipinski definition) is 2. The molecular formula is C17H18N2O3S. The Balaban J connectivity index is 1.54. The molecular weight excluding hydrogens is 312 g/mol. The van der Waals surface area contributed by atoms with E-state index in [0.717, 1.165) is 12.0 Å². The molecule has 3 N–H and O–H groups in total. The molecule has 0 spiro atoms. The molecule has 0 bridgehead atoms. The zero-order chi connectivity index (χ0) is 16.4. The van der Waals surface area contributed by atoms with E-state index in [1.54, 1.807) is 12.1 Å². The van der Waals surface area contributed by atoms with Crippen molar-refractivity contribution in [3.63, 3.8) is 0 Å². The molecule has 2 atom stereocenters. The molecule has 0 heterocycles. The molecule has 0 radical (unpaired) electrons. The van der Waals surface area contributed by atoms with Gasteiger partial charge in [0.2, 0.25) is 15.9 Å². The third kappa shape index (κ3) is 3.78. The summed E-state index contributed by atoms with van der Waals surface area (Å²) in [4.78, 5) is 12.2. The second kappa shape index (κ2) is 6.14. The van der Waals surface area contributed by atoms with Gasteiger partial charge in [0.15, 0.2) is 0 Å². The lowest BCUT2D eigenvalue weighted by Crippen LogP contribution is -2.24. The van der Waals surface area contributed by atoms with E-state index in [-0.39, 0.29) is 16.7 Å². The number of amides is 1. The van der Waals surface area contributed by atoms with E-state index < -0.39 is 10.0 Å². The van der Waals surface area contributed by atoms with Gasteiger partial charge < -0.3 is 5.32 Å². The molecule has 23 heavy (non-hydrogen) atoms. The van der Waals surface area contributed by atoms with Crippen LogP contribution in [-0.2, 0) is 21.4 Å². The van der Waals surface area contributed by atoms with E-state index in [4.69, 9.17) is 5.14 Å². The molecule has 120 valence electrons. The second-order valence-electron chi connectivity index (χ2n) is 5.77. The van der Waals surface area contributed by atoms with E-state index in [9.17, 15) is 13.2 Å². The first kappa shape index (κ1) is 15.7. The average Bonchev–Trinajstić information content (AvgIpc) is 3.34. The Morgan fingerprint density at radius 2 is 1.74 bits per heavy atom. The summed E-state index contributed by atoms with van der Waals surface area (Å²) in [7, 11) is -3.68. The van der Waals surface area contributed by atoms with Crippen LogP contribution in [0.3, 0.4) is 0 Å². The SMILES string of the molecule is NS(=O)(=O)c1ccc(CNC(=O)[C@H]2C[C@H]2c2ccccc2)cc1. The summed E-state index contributed by atoms with van der Waals surface area (Å²) in [6.45, 7) is 0.377. The number of carbonyl (C=O) groups is 1. The topological polar surface area (TPSA) is 89.3 Å². The normalized spacial score (nSPS) is 20.0. The van der Waals surface area contributed by atoms with Crippen LogP contribution in [0.1, 0.15) is 23.5 Å². The highest BCUT2D eigenvalue weighted by Crippen LogP contribution is 2.47. The van der Waals surface area contributed by atoms with Gasteiger partial charge in [-0.25, -0.2) is 13.6 Å². The minimum absolute atomic E-state index is 0.0288. The Hall–Kier alpha value is -2.18. The van der Waals surface area contributed by atoms with Crippen LogP contribution >= 0.6 is 0 Å². The summed E-state index contributed by atoms with van der Waals surface area (Å²) in [5.74, 6) is 0.372. The molecule has 0 aromatic heterocycles. The van der Waals surface area contributed by atoms with Gasteiger partial charge in [-0.05, 0) is 35.6 Å². The van der Waals surface area contributed by atoms with Gasteiger partial charge in [-0.15, -0.1) is 0 Å². The van der Waals surface area contributed by atoms with Gasteiger partial charge in [0, 0.05) is 12.5 Å². The first-order valence-electron chi connectivity index (χ1n) is 7.39. The van der Waals surface area contributed by atoms with Gasteiger partial charge in [0.05, 0.1) is 4.90 Å². The Labute approximate surface area is 135 Å². The minimum atomic E-state index is -3.68. The number of nitrogens with one attached hydrogen (secondary N) is 1. The zero-order valence-electron chi connectivity index (χ0n) is 12.5. The maximum Gasteiger partial charge on any atom is 0.238 e. The smallest absolute Gasteiger partial charge is 0.238 e. The van der Waals surface area contributed by atoms with Crippen LogP contribution in [0.25, 0.3) is 0 Å². The lowest BCUT2D eigenvalue weighted by atomic mass is 10.1. The van der Waals surface area contributed by atoms with Gasteiger partial charge >= 0.3 is 0 Å². The van der Waals surface area contributed by atoms with Crippen molar-refractivity contribution in [1.29, 1.82) is 0 Å². The van der Waals surface area contributed by atoms with Crippen LogP contribution in [0.2, 0.25) is 0 Å². The Morgan fingerprint density at radius 1 is 1.09 bits per heavy atom. The molecule has 0 aliphatic heterocycles. The number of benzene rings is 2. The van der Waals surface area contributed by atoms with Crippen molar-refractivity contribution >= 4 is 15.9 Å². The van der Waals surface area contributed by atoms with Crippen LogP contribution < -0.4 is 10.5 Å². The van der Waals surface area contributed by atoms with Crippen LogP contribution in [0, 0.1) is 5.92 Å². The minimum Gasteiger partial charge on any atom is -0.352 e. The molecule has 2 aromatic rings. The highest BCUT2D eigenvalue weighted by Gasteiger charge is 2.43. The molecule has 0 unspecified atom stereocenters. The maximum absolute atomic E-state index is 12.2. The Kier molecular flexibility index (Phi) is 4.19. The van der Waals surface area contributed by atoms with E-state index in [2.05, 4.69) is 5.32 Å². The summed E-state index contributed by atoms with van der Waals surface area (Å²) in [5.41, 5.74) is 2.04. The fourth-order valence-corrected chi connectivity index (χ4v) is 3.19. The van der Waals surface area contributed by atoms with Gasteiger partial charge in [-0.1, -0.05) is 42.5 Å². The lowest BCUT2D eigenvalue weighted by molar-refractivity contribution is -0.122. The number of rotatable bonds is 5. The molecule has 1 aliphatic rings. The third-order valence-corrected chi connectivity index (χ3v) is 5.00. The Bertz CT molecular complexity index is 801. The van der Waals surface area contributed by atoms with E-state index in [1.165, 1.54) is 17.7 Å².